The molecule has 0 aliphatic heterocycles. The van der Waals surface area contributed by atoms with Crippen LogP contribution in [0.3, 0.4) is 0 Å². The summed E-state index contributed by atoms with van der Waals surface area (Å²) in [5, 5.41) is 14.2. The summed E-state index contributed by atoms with van der Waals surface area (Å²) in [4.78, 5) is 22.6. The molecule has 0 spiro atoms. The Labute approximate surface area is 162 Å². The molecule has 0 fully saturated rings. The summed E-state index contributed by atoms with van der Waals surface area (Å²) in [6.45, 7) is 1.32. The van der Waals surface area contributed by atoms with Gasteiger partial charge in [-0.05, 0) is 30.2 Å². The number of aryl methyl sites for hydroxylation is 1. The lowest BCUT2D eigenvalue weighted by Crippen LogP contribution is -2.40. The van der Waals surface area contributed by atoms with Crippen LogP contribution in [-0.2, 0) is 21.4 Å². The van der Waals surface area contributed by atoms with Crippen molar-refractivity contribution in [3.63, 3.8) is 0 Å². The molecule has 0 atom stereocenters. The van der Waals surface area contributed by atoms with E-state index in [2.05, 4.69) is 5.32 Å². The lowest BCUT2D eigenvalue weighted by atomic mass is 10.2. The van der Waals surface area contributed by atoms with E-state index in [1.807, 2.05) is 0 Å². The predicted molar refractivity (Wildman–Crippen MR) is 103 cm³/mol. The fourth-order valence-electron chi connectivity index (χ4n) is 2.35. The van der Waals surface area contributed by atoms with Crippen molar-refractivity contribution in [3.05, 3.63) is 68.7 Å². The number of benzene rings is 2. The Morgan fingerprint density at radius 3 is 2.41 bits per heavy atom. The van der Waals surface area contributed by atoms with Gasteiger partial charge in [-0.1, -0.05) is 29.8 Å². The van der Waals surface area contributed by atoms with Crippen LogP contribution in [0.2, 0.25) is 5.02 Å². The Bertz CT molecular complexity index is 961. The first-order chi connectivity index (χ1) is 12.6. The Morgan fingerprint density at radius 1 is 1.22 bits per heavy atom. The maximum absolute atomic E-state index is 12.3. The van der Waals surface area contributed by atoms with Gasteiger partial charge >= 0.3 is 0 Å². The van der Waals surface area contributed by atoms with Crippen LogP contribution in [0.4, 0.5) is 11.4 Å². The first kappa shape index (κ1) is 20.7. The number of nitro benzene ring substituents is 1. The summed E-state index contributed by atoms with van der Waals surface area (Å²) in [5.41, 5.74) is 1.13. The van der Waals surface area contributed by atoms with Crippen LogP contribution in [0.1, 0.15) is 11.1 Å². The molecule has 0 aliphatic rings. The van der Waals surface area contributed by atoms with E-state index in [9.17, 15) is 23.3 Å². The van der Waals surface area contributed by atoms with Gasteiger partial charge in [0.1, 0.15) is 6.54 Å². The fourth-order valence-corrected chi connectivity index (χ4v) is 3.38. The topological polar surface area (TPSA) is 110 Å². The highest BCUT2D eigenvalue weighted by Crippen LogP contribution is 2.27. The van der Waals surface area contributed by atoms with Crippen LogP contribution in [0, 0.1) is 17.0 Å². The summed E-state index contributed by atoms with van der Waals surface area (Å²) in [6, 6.07) is 10.7. The molecule has 0 bridgehead atoms. The number of nitro groups is 1. The molecule has 0 unspecified atom stereocenters. The predicted octanol–water partition coefficient (Wildman–Crippen LogP) is 2.64. The lowest BCUT2D eigenvalue weighted by Gasteiger charge is -2.23. The summed E-state index contributed by atoms with van der Waals surface area (Å²) in [7, 11) is -3.83. The molecule has 10 heteroatoms. The molecule has 0 aromatic heterocycles. The van der Waals surface area contributed by atoms with Crippen LogP contribution in [0.5, 0.6) is 0 Å². The summed E-state index contributed by atoms with van der Waals surface area (Å²) in [5.74, 6) is -0.540. The van der Waals surface area contributed by atoms with E-state index in [1.165, 1.54) is 12.1 Å². The fraction of sp³-hybridized carbons (Fsp3) is 0.235. The Balaban J connectivity index is 2.20. The highest BCUT2D eigenvalue weighted by Gasteiger charge is 2.24. The molecule has 2 rings (SSSR count). The van der Waals surface area contributed by atoms with Gasteiger partial charge in [0, 0.05) is 23.7 Å². The zero-order chi connectivity index (χ0) is 20.2. The van der Waals surface area contributed by atoms with Crippen LogP contribution >= 0.6 is 11.6 Å². The zero-order valence-corrected chi connectivity index (χ0v) is 16.2. The number of anilines is 1. The Morgan fingerprint density at radius 2 is 1.85 bits per heavy atom. The third-order valence-electron chi connectivity index (χ3n) is 3.76. The van der Waals surface area contributed by atoms with Crippen molar-refractivity contribution in [3.8, 4) is 0 Å². The van der Waals surface area contributed by atoms with Gasteiger partial charge in [0.05, 0.1) is 16.9 Å². The SMILES string of the molecule is Cc1ccc([N+](=O)[O-])cc1N(CC(=O)NCc1ccc(Cl)cc1)S(C)(=O)=O. The number of carbonyl (C=O) groups excluding carboxylic acids is 1. The van der Waals surface area contributed by atoms with Crippen molar-refractivity contribution in [1.29, 1.82) is 0 Å². The van der Waals surface area contributed by atoms with Crippen molar-refractivity contribution in [1.82, 2.24) is 5.32 Å². The van der Waals surface area contributed by atoms with Gasteiger partial charge in [-0.2, -0.15) is 0 Å². The Hall–Kier alpha value is -2.65. The molecular weight excluding hydrogens is 394 g/mol. The lowest BCUT2D eigenvalue weighted by molar-refractivity contribution is -0.384. The van der Waals surface area contributed by atoms with Gasteiger partial charge in [0.15, 0.2) is 0 Å². The minimum atomic E-state index is -3.83. The first-order valence-corrected chi connectivity index (χ1v) is 10.0. The first-order valence-electron chi connectivity index (χ1n) is 7.82. The van der Waals surface area contributed by atoms with Crippen LogP contribution < -0.4 is 9.62 Å². The third-order valence-corrected chi connectivity index (χ3v) is 5.14. The molecule has 0 saturated carbocycles. The van der Waals surface area contributed by atoms with Gasteiger partial charge in [-0.3, -0.25) is 19.2 Å². The second-order valence-electron chi connectivity index (χ2n) is 5.90. The third kappa shape index (κ3) is 5.66. The minimum absolute atomic E-state index is 0.0911. The highest BCUT2D eigenvalue weighted by molar-refractivity contribution is 7.92. The van der Waals surface area contributed by atoms with Crippen molar-refractivity contribution in [2.24, 2.45) is 0 Å². The highest BCUT2D eigenvalue weighted by atomic mass is 35.5. The number of carbonyl (C=O) groups is 1. The second kappa shape index (κ2) is 8.36. The maximum atomic E-state index is 12.3. The van der Waals surface area contributed by atoms with Crippen LogP contribution in [-0.4, -0.2) is 32.0 Å². The number of halogens is 1. The van der Waals surface area contributed by atoms with E-state index in [4.69, 9.17) is 11.6 Å². The summed E-state index contributed by atoms with van der Waals surface area (Å²) >= 11 is 5.80. The molecule has 8 nitrogen and oxygen atoms in total. The smallest absolute Gasteiger partial charge is 0.271 e. The molecule has 0 aliphatic carbocycles. The van der Waals surface area contributed by atoms with E-state index in [-0.39, 0.29) is 17.9 Å². The molecule has 1 amide bonds. The maximum Gasteiger partial charge on any atom is 0.271 e. The molecule has 1 N–H and O–H groups in total. The largest absolute Gasteiger partial charge is 0.350 e. The molecular formula is C17H18ClN3O5S. The van der Waals surface area contributed by atoms with E-state index in [0.29, 0.717) is 10.6 Å². The van der Waals surface area contributed by atoms with Crippen LogP contribution in [0.25, 0.3) is 0 Å². The van der Waals surface area contributed by atoms with Crippen molar-refractivity contribution >= 4 is 38.9 Å². The van der Waals surface area contributed by atoms with E-state index >= 15 is 0 Å². The molecule has 144 valence electrons. The standard InChI is InChI=1S/C17H18ClN3O5S/c1-12-3-8-15(21(23)24)9-16(12)20(27(2,25)26)11-17(22)19-10-13-4-6-14(18)7-5-13/h3-9H,10-11H2,1-2H3,(H,19,22). The Kier molecular flexibility index (Phi) is 6.40. The number of nitrogens with zero attached hydrogens (tertiary/aromatic N) is 2. The monoisotopic (exact) mass is 411 g/mol. The molecule has 27 heavy (non-hydrogen) atoms. The van der Waals surface area contributed by atoms with Gasteiger partial charge in [-0.15, -0.1) is 0 Å². The van der Waals surface area contributed by atoms with E-state index in [0.717, 1.165) is 22.2 Å². The number of nitrogens with one attached hydrogen (secondary N) is 1. The number of amides is 1. The van der Waals surface area contributed by atoms with Crippen molar-refractivity contribution in [2.75, 3.05) is 17.1 Å². The molecule has 0 heterocycles. The van der Waals surface area contributed by atoms with E-state index < -0.39 is 27.4 Å². The number of rotatable bonds is 7. The number of sulfonamides is 1. The number of hydrogen-bond acceptors (Lipinski definition) is 5. The zero-order valence-electron chi connectivity index (χ0n) is 14.7. The quantitative estimate of drug-likeness (QED) is 0.556. The number of non-ortho nitro benzene ring substituents is 1. The average Bonchev–Trinajstić information content (AvgIpc) is 2.58. The van der Waals surface area contributed by atoms with Gasteiger partial charge < -0.3 is 5.32 Å². The average molecular weight is 412 g/mol. The normalized spacial score (nSPS) is 11.1. The minimum Gasteiger partial charge on any atom is -0.350 e. The summed E-state index contributed by atoms with van der Waals surface area (Å²) in [6.07, 6.45) is 0.942. The van der Waals surface area contributed by atoms with Crippen molar-refractivity contribution in [2.45, 2.75) is 13.5 Å². The second-order valence-corrected chi connectivity index (χ2v) is 8.24. The van der Waals surface area contributed by atoms with Gasteiger partial charge in [0.25, 0.3) is 5.69 Å². The molecule has 0 radical (unpaired) electrons. The molecule has 2 aromatic carbocycles. The number of hydrogen-bond donors (Lipinski definition) is 1. The summed E-state index contributed by atoms with van der Waals surface area (Å²) < 4.78 is 25.2. The molecule has 2 aromatic rings. The van der Waals surface area contributed by atoms with Crippen LogP contribution in [0.15, 0.2) is 42.5 Å². The van der Waals surface area contributed by atoms with Gasteiger partial charge in [-0.25, -0.2) is 8.42 Å². The van der Waals surface area contributed by atoms with Gasteiger partial charge in [0.2, 0.25) is 15.9 Å². The van der Waals surface area contributed by atoms with E-state index in [1.54, 1.807) is 31.2 Å². The molecule has 0 saturated heterocycles. The van der Waals surface area contributed by atoms with Crippen molar-refractivity contribution < 1.29 is 18.1 Å².